The lowest BCUT2D eigenvalue weighted by atomic mass is 10.1. The number of rotatable bonds is 1. The van der Waals surface area contributed by atoms with Crippen molar-refractivity contribution < 1.29 is 13.2 Å². The van der Waals surface area contributed by atoms with Crippen LogP contribution in [0.4, 0.5) is 5.69 Å². The van der Waals surface area contributed by atoms with Gasteiger partial charge in [0, 0.05) is 12.1 Å². The van der Waals surface area contributed by atoms with Gasteiger partial charge in [0.05, 0.1) is 5.69 Å². The second-order valence-corrected chi connectivity index (χ2v) is 7.31. The number of hydrogen-bond acceptors (Lipinski definition) is 3. The van der Waals surface area contributed by atoms with Crippen LogP contribution >= 0.6 is 23.2 Å². The Morgan fingerprint density at radius 1 is 1.29 bits per heavy atom. The van der Waals surface area contributed by atoms with Crippen LogP contribution in [0.15, 0.2) is 24.3 Å². The molecule has 1 aliphatic heterocycles. The summed E-state index contributed by atoms with van der Waals surface area (Å²) in [5.74, 6) is -0.805. The van der Waals surface area contributed by atoms with E-state index in [1.165, 1.54) is 6.07 Å². The topological polar surface area (TPSA) is 54.5 Å². The molecule has 0 radical (unpaired) electrons. The van der Waals surface area contributed by atoms with Crippen LogP contribution in [0, 0.1) is 0 Å². The number of carbonyl (C=O) groups excluding carboxylic acids is 1. The van der Waals surface area contributed by atoms with Gasteiger partial charge in [-0.3, -0.25) is 9.10 Å². The predicted molar refractivity (Wildman–Crippen MR) is 67.1 cm³/mol. The van der Waals surface area contributed by atoms with E-state index in [2.05, 4.69) is 0 Å². The summed E-state index contributed by atoms with van der Waals surface area (Å²) < 4.78 is 22.8. The zero-order valence-electron chi connectivity index (χ0n) is 8.85. The molecule has 0 saturated carbocycles. The van der Waals surface area contributed by atoms with Crippen molar-refractivity contribution in [1.82, 2.24) is 0 Å². The number of hydrogen-bond donors (Lipinski definition) is 0. The molecule has 0 unspecified atom stereocenters. The standard InChI is InChI=1S/C10H9Cl2NO3S/c1-2-13-8-6-4-3-5-7(8)9(14)10(11,12)17(13,15)16/h3-6H,2H2,1H3. The van der Waals surface area contributed by atoms with E-state index in [4.69, 9.17) is 23.2 Å². The van der Waals surface area contributed by atoms with Crippen LogP contribution in [-0.4, -0.2) is 24.4 Å². The molecule has 4 nitrogen and oxygen atoms in total. The zero-order chi connectivity index (χ0) is 12.8. The summed E-state index contributed by atoms with van der Waals surface area (Å²) in [7, 11) is -4.10. The highest BCUT2D eigenvalue weighted by atomic mass is 35.5. The van der Waals surface area contributed by atoms with E-state index >= 15 is 0 Å². The molecule has 0 aliphatic carbocycles. The van der Waals surface area contributed by atoms with Crippen LogP contribution in [0.2, 0.25) is 0 Å². The minimum Gasteiger partial charge on any atom is -0.289 e. The van der Waals surface area contributed by atoms with Crippen LogP contribution in [-0.2, 0) is 10.0 Å². The fourth-order valence-electron chi connectivity index (χ4n) is 1.77. The van der Waals surface area contributed by atoms with Gasteiger partial charge in [-0.2, -0.15) is 0 Å². The van der Waals surface area contributed by atoms with Crippen molar-refractivity contribution in [2.75, 3.05) is 10.8 Å². The predicted octanol–water partition coefficient (Wildman–Crippen LogP) is 2.17. The maximum absolute atomic E-state index is 12.1. The molecule has 7 heteroatoms. The average molecular weight is 294 g/mol. The van der Waals surface area contributed by atoms with E-state index < -0.39 is 19.5 Å². The van der Waals surface area contributed by atoms with Gasteiger partial charge in [0.2, 0.25) is 5.78 Å². The Labute approximate surface area is 109 Å². The van der Waals surface area contributed by atoms with Gasteiger partial charge in [0.1, 0.15) is 0 Å². The second-order valence-electron chi connectivity index (χ2n) is 3.53. The number of alkyl halides is 2. The summed E-state index contributed by atoms with van der Waals surface area (Å²) in [4.78, 5) is 11.9. The van der Waals surface area contributed by atoms with Crippen molar-refractivity contribution >= 4 is 44.7 Å². The van der Waals surface area contributed by atoms with Gasteiger partial charge in [-0.05, 0) is 19.1 Å². The highest BCUT2D eigenvalue weighted by Crippen LogP contribution is 2.43. The summed E-state index contributed by atoms with van der Waals surface area (Å²) in [6.07, 6.45) is 0. The van der Waals surface area contributed by atoms with Crippen molar-refractivity contribution in [2.45, 2.75) is 10.6 Å². The summed E-state index contributed by atoms with van der Waals surface area (Å²) in [6, 6.07) is 6.35. The van der Waals surface area contributed by atoms with Crippen LogP contribution in [0.5, 0.6) is 0 Å². The molecule has 2 rings (SSSR count). The molecular weight excluding hydrogens is 285 g/mol. The minimum atomic E-state index is -4.10. The van der Waals surface area contributed by atoms with Crippen LogP contribution in [0.1, 0.15) is 17.3 Å². The van der Waals surface area contributed by atoms with Crippen molar-refractivity contribution in [3.8, 4) is 0 Å². The lowest BCUT2D eigenvalue weighted by Crippen LogP contribution is -2.50. The van der Waals surface area contributed by atoms with Gasteiger partial charge >= 0.3 is 0 Å². The van der Waals surface area contributed by atoms with E-state index in [0.29, 0.717) is 5.69 Å². The maximum Gasteiger partial charge on any atom is 0.299 e. The molecule has 17 heavy (non-hydrogen) atoms. The third kappa shape index (κ3) is 1.57. The number of sulfonamides is 1. The number of nitrogens with zero attached hydrogens (tertiary/aromatic N) is 1. The highest BCUT2D eigenvalue weighted by Gasteiger charge is 2.55. The lowest BCUT2D eigenvalue weighted by Gasteiger charge is -2.35. The number of fused-ring (bicyclic) bond motifs is 1. The van der Waals surface area contributed by atoms with E-state index in [0.717, 1.165) is 4.31 Å². The fraction of sp³-hybridized carbons (Fsp3) is 0.300. The van der Waals surface area contributed by atoms with Gasteiger partial charge in [-0.25, -0.2) is 8.42 Å². The number of benzene rings is 1. The maximum atomic E-state index is 12.1. The molecule has 0 saturated heterocycles. The van der Waals surface area contributed by atoms with E-state index in [-0.39, 0.29) is 12.1 Å². The van der Waals surface area contributed by atoms with E-state index in [9.17, 15) is 13.2 Å². The Hall–Kier alpha value is -0.780. The molecular formula is C10H9Cl2NO3S. The Morgan fingerprint density at radius 2 is 1.88 bits per heavy atom. The largest absolute Gasteiger partial charge is 0.299 e. The molecule has 1 aliphatic rings. The van der Waals surface area contributed by atoms with Gasteiger partial charge in [0.25, 0.3) is 13.7 Å². The van der Waals surface area contributed by atoms with Crippen LogP contribution < -0.4 is 4.31 Å². The van der Waals surface area contributed by atoms with Crippen molar-refractivity contribution in [1.29, 1.82) is 0 Å². The summed E-state index contributed by atoms with van der Waals surface area (Å²) >= 11 is 11.4. The van der Waals surface area contributed by atoms with E-state index in [1.54, 1.807) is 25.1 Å². The first-order valence-corrected chi connectivity index (χ1v) is 7.07. The number of para-hydroxylation sites is 1. The smallest absolute Gasteiger partial charge is 0.289 e. The molecule has 1 heterocycles. The molecule has 0 N–H and O–H groups in total. The molecule has 0 aromatic heterocycles. The first-order chi connectivity index (χ1) is 7.84. The Morgan fingerprint density at radius 3 is 2.47 bits per heavy atom. The van der Waals surface area contributed by atoms with Crippen molar-refractivity contribution in [3.63, 3.8) is 0 Å². The average Bonchev–Trinajstić information content (AvgIpc) is 2.28. The third-order valence-corrected chi connectivity index (χ3v) is 5.96. The molecule has 0 fully saturated rings. The Bertz CT molecular complexity index is 583. The molecule has 0 atom stereocenters. The lowest BCUT2D eigenvalue weighted by molar-refractivity contribution is 0.0995. The molecule has 92 valence electrons. The number of halogens is 2. The van der Waals surface area contributed by atoms with Gasteiger partial charge < -0.3 is 0 Å². The third-order valence-electron chi connectivity index (χ3n) is 2.58. The summed E-state index contributed by atoms with van der Waals surface area (Å²) in [5, 5.41) is 0. The molecule has 1 aromatic carbocycles. The Balaban J connectivity index is 2.80. The first kappa shape index (κ1) is 12.7. The second kappa shape index (κ2) is 3.86. The van der Waals surface area contributed by atoms with Gasteiger partial charge in [-0.15, -0.1) is 0 Å². The molecule has 0 bridgehead atoms. The summed E-state index contributed by atoms with van der Waals surface area (Å²) in [5.41, 5.74) is 0.533. The van der Waals surface area contributed by atoms with Gasteiger partial charge in [0.15, 0.2) is 0 Å². The fourth-order valence-corrected chi connectivity index (χ4v) is 3.85. The van der Waals surface area contributed by atoms with Crippen LogP contribution in [0.25, 0.3) is 0 Å². The monoisotopic (exact) mass is 293 g/mol. The van der Waals surface area contributed by atoms with Crippen LogP contribution in [0.3, 0.4) is 0 Å². The summed E-state index contributed by atoms with van der Waals surface area (Å²) in [6.45, 7) is 1.81. The molecule has 1 aromatic rings. The SMILES string of the molecule is CCN1c2ccccc2C(=O)C(Cl)(Cl)S1(=O)=O. The Kier molecular flexibility index (Phi) is 2.88. The number of anilines is 1. The number of Topliss-reactive ketones (excluding diaryl/α,β-unsaturated/α-hetero) is 1. The normalized spacial score (nSPS) is 21.1. The minimum absolute atomic E-state index is 0.161. The molecule has 0 amide bonds. The quantitative estimate of drug-likeness (QED) is 0.746. The molecule has 0 spiro atoms. The van der Waals surface area contributed by atoms with E-state index in [1.807, 2.05) is 0 Å². The number of carbonyl (C=O) groups is 1. The highest BCUT2D eigenvalue weighted by molar-refractivity contribution is 7.98. The first-order valence-electron chi connectivity index (χ1n) is 4.88. The van der Waals surface area contributed by atoms with Gasteiger partial charge in [-0.1, -0.05) is 35.3 Å². The zero-order valence-corrected chi connectivity index (χ0v) is 11.2. The van der Waals surface area contributed by atoms with Crippen molar-refractivity contribution in [3.05, 3.63) is 29.8 Å². The number of ketones is 1. The van der Waals surface area contributed by atoms with Crippen molar-refractivity contribution in [2.24, 2.45) is 0 Å².